The monoisotopic (exact) mass is 213 g/mol. The third-order valence-corrected chi connectivity index (χ3v) is 2.45. The van der Waals surface area contributed by atoms with Crippen LogP contribution in [0.3, 0.4) is 0 Å². The molecule has 4 nitrogen and oxygen atoms in total. The molecule has 0 aliphatic carbocycles. The van der Waals surface area contributed by atoms with Crippen molar-refractivity contribution in [2.75, 3.05) is 20.3 Å². The van der Waals surface area contributed by atoms with E-state index < -0.39 is 0 Å². The first-order chi connectivity index (χ1) is 6.86. The number of hydrogen-bond acceptors (Lipinski definition) is 4. The number of hydrogen-bond donors (Lipinski definition) is 2. The Morgan fingerprint density at radius 1 is 1.71 bits per heavy atom. The lowest BCUT2D eigenvalue weighted by molar-refractivity contribution is 0.208. The van der Waals surface area contributed by atoms with Crippen LogP contribution in [0.25, 0.3) is 0 Å². The zero-order valence-electron chi connectivity index (χ0n) is 8.19. The fourth-order valence-corrected chi connectivity index (χ4v) is 1.68. The molecule has 0 saturated carbocycles. The molecular weight excluding hydrogens is 198 g/mol. The third-order valence-electron chi connectivity index (χ3n) is 1.72. The number of methoxy groups -OCH3 is 1. The smallest absolute Gasteiger partial charge is 0.115 e. The molecule has 1 aromatic rings. The average Bonchev–Trinajstić information content (AvgIpc) is 2.69. The Balaban J connectivity index is 2.42. The number of nitrogens with zero attached hydrogens (tertiary/aromatic N) is 1. The molecule has 0 saturated heterocycles. The zero-order valence-corrected chi connectivity index (χ0v) is 9.01. The molecular formula is C9H15N3OS. The van der Waals surface area contributed by atoms with Crippen molar-refractivity contribution in [3.05, 3.63) is 22.4 Å². The Bertz CT molecular complexity index is 272. The lowest BCUT2D eigenvalue weighted by Crippen LogP contribution is -2.32. The summed E-state index contributed by atoms with van der Waals surface area (Å²) in [6.07, 6.45) is 0.754. The van der Waals surface area contributed by atoms with Crippen LogP contribution in [0.5, 0.6) is 0 Å². The summed E-state index contributed by atoms with van der Waals surface area (Å²) in [4.78, 5) is 4.27. The second kappa shape index (κ2) is 6.53. The van der Waals surface area contributed by atoms with E-state index >= 15 is 0 Å². The van der Waals surface area contributed by atoms with Gasteiger partial charge in [-0.1, -0.05) is 0 Å². The minimum absolute atomic E-state index is 0.620. The number of nitrogens with one attached hydrogen (secondary N) is 1. The number of amidine groups is 1. The van der Waals surface area contributed by atoms with E-state index in [-0.39, 0.29) is 0 Å². The lowest BCUT2D eigenvalue weighted by Gasteiger charge is -2.03. The number of ether oxygens (including phenoxy) is 1. The Hall–Kier alpha value is -0.910. The van der Waals surface area contributed by atoms with E-state index in [1.165, 1.54) is 5.56 Å². The van der Waals surface area contributed by atoms with Crippen molar-refractivity contribution in [1.82, 2.24) is 5.43 Å². The van der Waals surface area contributed by atoms with Crippen molar-refractivity contribution in [2.24, 2.45) is 10.8 Å². The maximum absolute atomic E-state index is 5.35. The molecule has 0 fully saturated rings. The van der Waals surface area contributed by atoms with Crippen molar-refractivity contribution in [2.45, 2.75) is 6.42 Å². The summed E-state index contributed by atoms with van der Waals surface area (Å²) in [7, 11) is 1.66. The average molecular weight is 213 g/mol. The van der Waals surface area contributed by atoms with Gasteiger partial charge in [0.25, 0.3) is 0 Å². The molecule has 78 valence electrons. The number of thiophene rings is 1. The highest BCUT2D eigenvalue weighted by molar-refractivity contribution is 7.07. The summed E-state index contributed by atoms with van der Waals surface area (Å²) < 4.78 is 4.90. The van der Waals surface area contributed by atoms with Gasteiger partial charge >= 0.3 is 0 Å². The van der Waals surface area contributed by atoms with Gasteiger partial charge in [-0.3, -0.25) is 4.99 Å². The Kier molecular flexibility index (Phi) is 5.21. The molecule has 14 heavy (non-hydrogen) atoms. The number of rotatable bonds is 5. The highest BCUT2D eigenvalue weighted by Gasteiger charge is 1.99. The van der Waals surface area contributed by atoms with Crippen molar-refractivity contribution < 1.29 is 4.74 Å². The van der Waals surface area contributed by atoms with E-state index in [0.29, 0.717) is 13.2 Å². The highest BCUT2D eigenvalue weighted by atomic mass is 32.1. The normalized spacial score (nSPS) is 11.7. The number of aliphatic imine (C=N–C) groups is 1. The van der Waals surface area contributed by atoms with Crippen LogP contribution >= 0.6 is 11.3 Å². The first-order valence-corrected chi connectivity index (χ1v) is 5.31. The molecule has 0 radical (unpaired) electrons. The fourth-order valence-electron chi connectivity index (χ4n) is 1.01. The van der Waals surface area contributed by atoms with Gasteiger partial charge in [0.15, 0.2) is 0 Å². The van der Waals surface area contributed by atoms with Gasteiger partial charge in [0.1, 0.15) is 5.84 Å². The molecule has 0 atom stereocenters. The summed E-state index contributed by atoms with van der Waals surface area (Å²) >= 11 is 1.67. The molecule has 0 spiro atoms. The van der Waals surface area contributed by atoms with E-state index in [0.717, 1.165) is 12.3 Å². The van der Waals surface area contributed by atoms with Crippen LogP contribution in [0.15, 0.2) is 21.8 Å². The predicted molar refractivity (Wildman–Crippen MR) is 59.5 cm³/mol. The van der Waals surface area contributed by atoms with Gasteiger partial charge in [0.2, 0.25) is 0 Å². The van der Waals surface area contributed by atoms with Crippen LogP contribution in [0.2, 0.25) is 0 Å². The van der Waals surface area contributed by atoms with Gasteiger partial charge in [-0.05, 0) is 22.4 Å². The Morgan fingerprint density at radius 2 is 2.57 bits per heavy atom. The summed E-state index contributed by atoms with van der Waals surface area (Å²) in [5, 5.41) is 4.13. The molecule has 0 amide bonds. The molecule has 0 aromatic carbocycles. The summed E-state index contributed by atoms with van der Waals surface area (Å²) in [6.45, 7) is 1.26. The topological polar surface area (TPSA) is 59.6 Å². The minimum atomic E-state index is 0.620. The standard InChI is InChI=1S/C9H15N3OS/c1-13-4-3-11-9(12-10)6-8-2-5-14-7-8/h2,5,7H,3-4,6,10H2,1H3,(H,11,12). The largest absolute Gasteiger partial charge is 0.383 e. The highest BCUT2D eigenvalue weighted by Crippen LogP contribution is 2.06. The molecule has 5 heteroatoms. The van der Waals surface area contributed by atoms with Crippen LogP contribution < -0.4 is 11.3 Å². The number of hydrazine groups is 1. The van der Waals surface area contributed by atoms with Crippen LogP contribution in [0.4, 0.5) is 0 Å². The molecule has 0 aliphatic rings. The molecule has 1 heterocycles. The van der Waals surface area contributed by atoms with Gasteiger partial charge in [-0.2, -0.15) is 11.3 Å². The van der Waals surface area contributed by atoms with Crippen LogP contribution in [-0.4, -0.2) is 26.1 Å². The molecule has 3 N–H and O–H groups in total. The van der Waals surface area contributed by atoms with Gasteiger partial charge in [0, 0.05) is 13.5 Å². The predicted octanol–water partition coefficient (Wildman–Crippen LogP) is 0.799. The maximum Gasteiger partial charge on any atom is 0.115 e. The van der Waals surface area contributed by atoms with Gasteiger partial charge in [0.05, 0.1) is 13.2 Å². The lowest BCUT2D eigenvalue weighted by atomic mass is 10.2. The first-order valence-electron chi connectivity index (χ1n) is 4.36. The van der Waals surface area contributed by atoms with Crippen LogP contribution in [0.1, 0.15) is 5.56 Å². The molecule has 0 aliphatic heterocycles. The maximum atomic E-state index is 5.35. The summed E-state index contributed by atoms with van der Waals surface area (Å²) in [6, 6.07) is 2.06. The summed E-state index contributed by atoms with van der Waals surface area (Å²) in [5.41, 5.74) is 3.82. The Morgan fingerprint density at radius 3 is 3.14 bits per heavy atom. The van der Waals surface area contributed by atoms with E-state index in [1.807, 2.05) is 5.38 Å². The van der Waals surface area contributed by atoms with Gasteiger partial charge < -0.3 is 10.2 Å². The Labute approximate surface area is 87.8 Å². The van der Waals surface area contributed by atoms with E-state index in [1.54, 1.807) is 18.4 Å². The van der Waals surface area contributed by atoms with E-state index in [2.05, 4.69) is 21.9 Å². The molecule has 1 aromatic heterocycles. The molecule has 0 bridgehead atoms. The van der Waals surface area contributed by atoms with Crippen LogP contribution in [-0.2, 0) is 11.2 Å². The summed E-state index contributed by atoms with van der Waals surface area (Å²) in [5.74, 6) is 6.15. The SMILES string of the molecule is COCCN=C(Cc1ccsc1)NN. The van der Waals surface area contributed by atoms with Gasteiger partial charge in [-0.25, -0.2) is 5.84 Å². The van der Waals surface area contributed by atoms with Crippen molar-refractivity contribution in [3.63, 3.8) is 0 Å². The quantitative estimate of drug-likeness (QED) is 0.250. The van der Waals surface area contributed by atoms with Crippen molar-refractivity contribution >= 4 is 17.2 Å². The molecule has 0 unspecified atom stereocenters. The van der Waals surface area contributed by atoms with E-state index in [9.17, 15) is 0 Å². The van der Waals surface area contributed by atoms with Gasteiger partial charge in [-0.15, -0.1) is 0 Å². The number of nitrogens with two attached hydrogens (primary N) is 1. The van der Waals surface area contributed by atoms with Crippen LogP contribution in [0, 0.1) is 0 Å². The molecule has 1 rings (SSSR count). The van der Waals surface area contributed by atoms with Crippen molar-refractivity contribution in [1.29, 1.82) is 0 Å². The second-order valence-corrected chi connectivity index (χ2v) is 3.55. The fraction of sp³-hybridized carbons (Fsp3) is 0.444. The second-order valence-electron chi connectivity index (χ2n) is 2.77. The first kappa shape index (κ1) is 11.2. The zero-order chi connectivity index (χ0) is 10.2. The van der Waals surface area contributed by atoms with Crippen molar-refractivity contribution in [3.8, 4) is 0 Å². The minimum Gasteiger partial charge on any atom is -0.383 e. The van der Waals surface area contributed by atoms with E-state index in [4.69, 9.17) is 10.6 Å². The third kappa shape index (κ3) is 3.87.